The van der Waals surface area contributed by atoms with E-state index in [0.717, 1.165) is 12.1 Å². The fraction of sp³-hybridized carbons (Fsp3) is 0.850. The number of amides is 2. The van der Waals surface area contributed by atoms with E-state index in [4.69, 9.17) is 9.57 Å². The highest BCUT2D eigenvalue weighted by atomic mass is 32.2. The molecule has 3 heterocycles. The summed E-state index contributed by atoms with van der Waals surface area (Å²) in [5.41, 5.74) is -0.0528. The van der Waals surface area contributed by atoms with Gasteiger partial charge < -0.3 is 14.5 Å². The van der Waals surface area contributed by atoms with Crippen LogP contribution in [-0.2, 0) is 28.9 Å². The van der Waals surface area contributed by atoms with Crippen LogP contribution in [-0.4, -0.2) is 69.5 Å². The Morgan fingerprint density at radius 2 is 2.03 bits per heavy atom. The zero-order valence-electron chi connectivity index (χ0n) is 17.9. The van der Waals surface area contributed by atoms with Gasteiger partial charge in [0.25, 0.3) is 11.8 Å². The molecule has 0 aliphatic carbocycles. The Kier molecular flexibility index (Phi) is 6.38. The third-order valence-corrected chi connectivity index (χ3v) is 8.03. The normalized spacial score (nSPS) is 34.3. The molecular formula is C20H33N3O5S. The smallest absolute Gasteiger partial charge is 0.269 e. The van der Waals surface area contributed by atoms with Crippen molar-refractivity contribution >= 4 is 27.3 Å². The fourth-order valence-corrected chi connectivity index (χ4v) is 6.14. The second-order valence-electron chi connectivity index (χ2n) is 9.48. The number of oxime groups is 1. The molecule has 3 aliphatic heterocycles. The molecule has 0 radical (unpaired) electrons. The topological polar surface area (TPSA) is 97.6 Å². The Balaban J connectivity index is 1.55. The van der Waals surface area contributed by atoms with Gasteiger partial charge in [-0.1, -0.05) is 19.0 Å². The van der Waals surface area contributed by atoms with Crippen LogP contribution in [0.25, 0.3) is 0 Å². The SMILES string of the molecule is CC1=NOC(C)(C(=O)N2CCCS(=O)(=NC(=O)CCC3CC(C)(C)CO3)CC2)C1. The molecule has 0 aromatic rings. The Morgan fingerprint density at radius 1 is 1.28 bits per heavy atom. The van der Waals surface area contributed by atoms with Gasteiger partial charge in [0.1, 0.15) is 0 Å². The van der Waals surface area contributed by atoms with Crippen LogP contribution >= 0.6 is 0 Å². The van der Waals surface area contributed by atoms with Crippen molar-refractivity contribution in [2.45, 2.75) is 71.5 Å². The van der Waals surface area contributed by atoms with E-state index in [-0.39, 0.29) is 35.5 Å². The molecule has 2 saturated heterocycles. The van der Waals surface area contributed by atoms with Crippen LogP contribution in [0, 0.1) is 5.41 Å². The lowest BCUT2D eigenvalue weighted by atomic mass is 9.89. The maximum absolute atomic E-state index is 13.1. The van der Waals surface area contributed by atoms with Crippen molar-refractivity contribution in [3.8, 4) is 0 Å². The minimum Gasteiger partial charge on any atom is -0.379 e. The van der Waals surface area contributed by atoms with E-state index in [9.17, 15) is 13.8 Å². The van der Waals surface area contributed by atoms with Crippen molar-refractivity contribution in [1.82, 2.24) is 4.90 Å². The monoisotopic (exact) mass is 427 g/mol. The van der Waals surface area contributed by atoms with Gasteiger partial charge in [-0.15, -0.1) is 0 Å². The molecule has 3 atom stereocenters. The molecule has 3 unspecified atom stereocenters. The number of hydrogen-bond donors (Lipinski definition) is 0. The van der Waals surface area contributed by atoms with Crippen LogP contribution in [0.4, 0.5) is 0 Å². The van der Waals surface area contributed by atoms with Crippen molar-refractivity contribution in [1.29, 1.82) is 0 Å². The summed E-state index contributed by atoms with van der Waals surface area (Å²) in [5.74, 6) is 0.0860. The van der Waals surface area contributed by atoms with Crippen LogP contribution in [0.15, 0.2) is 9.52 Å². The molecule has 0 saturated carbocycles. The molecule has 0 N–H and O–H groups in total. The molecule has 0 bridgehead atoms. The van der Waals surface area contributed by atoms with Gasteiger partial charge in [-0.25, -0.2) is 4.21 Å². The van der Waals surface area contributed by atoms with Gasteiger partial charge in [-0.05, 0) is 38.5 Å². The third kappa shape index (κ3) is 5.57. The highest BCUT2D eigenvalue weighted by Gasteiger charge is 2.43. The molecule has 29 heavy (non-hydrogen) atoms. The van der Waals surface area contributed by atoms with E-state index in [2.05, 4.69) is 23.4 Å². The molecule has 2 fully saturated rings. The number of carbonyl (C=O) groups excluding carboxylic acids is 2. The Labute approximate surface area is 173 Å². The van der Waals surface area contributed by atoms with E-state index in [1.165, 1.54) is 0 Å². The van der Waals surface area contributed by atoms with Gasteiger partial charge in [-0.3, -0.25) is 9.59 Å². The summed E-state index contributed by atoms with van der Waals surface area (Å²) in [6.45, 7) is 9.37. The quantitative estimate of drug-likeness (QED) is 0.686. The maximum Gasteiger partial charge on any atom is 0.269 e. The molecule has 0 aromatic carbocycles. The molecule has 8 nitrogen and oxygen atoms in total. The standard InChI is InChI=1S/C20H33N3O5S/c1-15-12-20(4,28-21-15)18(25)23-8-5-10-29(26,11-9-23)22-17(24)7-6-16-13-19(2,3)14-27-16/h16H,5-14H2,1-4H3. The summed E-state index contributed by atoms with van der Waals surface area (Å²) in [7, 11) is -2.64. The second-order valence-corrected chi connectivity index (χ2v) is 12.0. The first-order valence-electron chi connectivity index (χ1n) is 10.4. The maximum atomic E-state index is 13.1. The third-order valence-electron chi connectivity index (χ3n) is 5.75. The minimum atomic E-state index is -2.64. The van der Waals surface area contributed by atoms with Gasteiger partial charge >= 0.3 is 0 Å². The molecule has 3 aliphatic rings. The van der Waals surface area contributed by atoms with E-state index in [1.54, 1.807) is 11.8 Å². The second kappa shape index (κ2) is 8.34. The van der Waals surface area contributed by atoms with Crippen molar-refractivity contribution in [3.63, 3.8) is 0 Å². The lowest BCUT2D eigenvalue weighted by molar-refractivity contribution is -0.152. The number of hydrogen-bond acceptors (Lipinski definition) is 6. The van der Waals surface area contributed by atoms with Crippen LogP contribution in [0.2, 0.25) is 0 Å². The molecular weight excluding hydrogens is 394 g/mol. The predicted molar refractivity (Wildman–Crippen MR) is 111 cm³/mol. The van der Waals surface area contributed by atoms with E-state index in [1.807, 2.05) is 6.92 Å². The number of rotatable bonds is 4. The van der Waals surface area contributed by atoms with Gasteiger partial charge in [-0.2, -0.15) is 4.36 Å². The molecule has 9 heteroatoms. The van der Waals surface area contributed by atoms with E-state index < -0.39 is 15.3 Å². The Hall–Kier alpha value is -1.48. The van der Waals surface area contributed by atoms with E-state index in [0.29, 0.717) is 44.7 Å². The van der Waals surface area contributed by atoms with Crippen LogP contribution in [0.5, 0.6) is 0 Å². The minimum absolute atomic E-state index is 0.0711. The van der Waals surface area contributed by atoms with Gasteiger partial charge in [0.2, 0.25) is 5.60 Å². The number of nitrogens with zero attached hydrogens (tertiary/aromatic N) is 3. The lowest BCUT2D eigenvalue weighted by Crippen LogP contribution is -2.48. The molecule has 0 spiro atoms. The zero-order valence-corrected chi connectivity index (χ0v) is 18.8. The van der Waals surface area contributed by atoms with Gasteiger partial charge in [0.05, 0.1) is 28.2 Å². The lowest BCUT2D eigenvalue weighted by Gasteiger charge is -2.28. The first-order chi connectivity index (χ1) is 13.5. The molecule has 0 aromatic heterocycles. The molecule has 3 rings (SSSR count). The van der Waals surface area contributed by atoms with Crippen LogP contribution in [0.1, 0.15) is 59.8 Å². The summed E-state index contributed by atoms with van der Waals surface area (Å²) in [4.78, 5) is 32.3. The zero-order chi connectivity index (χ0) is 21.3. The summed E-state index contributed by atoms with van der Waals surface area (Å²) in [6.07, 6.45) is 2.88. The van der Waals surface area contributed by atoms with Crippen molar-refractivity contribution < 1.29 is 23.4 Å². The first kappa shape index (κ1) is 22.2. The highest BCUT2D eigenvalue weighted by Crippen LogP contribution is 2.33. The number of ether oxygens (including phenoxy) is 1. The van der Waals surface area contributed by atoms with Crippen molar-refractivity contribution in [2.75, 3.05) is 31.2 Å². The molecule has 164 valence electrons. The fourth-order valence-electron chi connectivity index (χ4n) is 4.20. The summed E-state index contributed by atoms with van der Waals surface area (Å²) in [5, 5.41) is 3.90. The summed E-state index contributed by atoms with van der Waals surface area (Å²) >= 11 is 0. The predicted octanol–water partition coefficient (Wildman–Crippen LogP) is 2.36. The summed E-state index contributed by atoms with van der Waals surface area (Å²) in [6, 6.07) is 0. The van der Waals surface area contributed by atoms with Crippen LogP contribution in [0.3, 0.4) is 0 Å². The number of carbonyl (C=O) groups is 2. The van der Waals surface area contributed by atoms with Gasteiger partial charge in [0.15, 0.2) is 0 Å². The summed E-state index contributed by atoms with van der Waals surface area (Å²) < 4.78 is 23.0. The Morgan fingerprint density at radius 3 is 2.66 bits per heavy atom. The average Bonchev–Trinajstić information content (AvgIpc) is 3.10. The first-order valence-corrected chi connectivity index (χ1v) is 12.2. The van der Waals surface area contributed by atoms with Crippen LogP contribution < -0.4 is 0 Å². The van der Waals surface area contributed by atoms with E-state index >= 15 is 0 Å². The Bertz CT molecular complexity index is 815. The van der Waals surface area contributed by atoms with Crippen molar-refractivity contribution in [3.05, 3.63) is 0 Å². The van der Waals surface area contributed by atoms with Gasteiger partial charge in [0, 0.05) is 37.4 Å². The van der Waals surface area contributed by atoms with Crippen molar-refractivity contribution in [2.24, 2.45) is 14.9 Å². The average molecular weight is 428 g/mol. The largest absolute Gasteiger partial charge is 0.379 e. The molecule has 2 amide bonds. The highest BCUT2D eigenvalue weighted by molar-refractivity contribution is 7.93.